The molecule has 25 heavy (non-hydrogen) atoms. The Bertz CT molecular complexity index is 703. The maximum atomic E-state index is 12.2. The normalized spacial score (nSPS) is 12.7. The van der Waals surface area contributed by atoms with Gasteiger partial charge in [-0.15, -0.1) is 10.2 Å². The topological polar surface area (TPSA) is 77.2 Å². The first-order valence-electron chi connectivity index (χ1n) is 7.98. The number of carbonyl (C=O) groups excluding carboxylic acids is 1. The van der Waals surface area contributed by atoms with Crippen LogP contribution in [0.3, 0.4) is 0 Å². The van der Waals surface area contributed by atoms with Crippen molar-refractivity contribution in [3.63, 3.8) is 0 Å². The number of nitrogens with zero attached hydrogens (tertiary/aromatic N) is 2. The summed E-state index contributed by atoms with van der Waals surface area (Å²) < 4.78 is 11.1. The molecule has 0 saturated heterocycles. The average Bonchev–Trinajstić information content (AvgIpc) is 3.01. The number of amides is 1. The molecule has 2 rings (SSSR count). The highest BCUT2D eigenvalue weighted by atomic mass is 35.5. The molecule has 0 aliphatic rings. The third-order valence-corrected chi connectivity index (χ3v) is 4.80. The van der Waals surface area contributed by atoms with Gasteiger partial charge in [-0.1, -0.05) is 30.3 Å². The lowest BCUT2D eigenvalue weighted by Crippen LogP contribution is -2.46. The van der Waals surface area contributed by atoms with Gasteiger partial charge in [0.2, 0.25) is 5.91 Å². The van der Waals surface area contributed by atoms with Crippen molar-refractivity contribution in [3.8, 4) is 5.75 Å². The largest absolute Gasteiger partial charge is 0.484 e. The summed E-state index contributed by atoms with van der Waals surface area (Å²) in [6, 6.07) is 7.00. The molecular weight excluding hydrogens is 362 g/mol. The van der Waals surface area contributed by atoms with Gasteiger partial charge in [-0.05, 0) is 51.5 Å². The number of thioether (sulfide) groups is 1. The van der Waals surface area contributed by atoms with Crippen LogP contribution in [0, 0.1) is 0 Å². The summed E-state index contributed by atoms with van der Waals surface area (Å²) >= 11 is 7.05. The second-order valence-electron chi connectivity index (χ2n) is 6.19. The van der Waals surface area contributed by atoms with Crippen molar-refractivity contribution in [2.45, 2.75) is 56.7 Å². The maximum Gasteiger partial charge on any atom is 0.277 e. The predicted molar refractivity (Wildman–Crippen MR) is 97.9 cm³/mol. The van der Waals surface area contributed by atoms with Crippen LogP contribution in [0.2, 0.25) is 5.02 Å². The van der Waals surface area contributed by atoms with Crippen molar-refractivity contribution in [2.24, 2.45) is 0 Å². The van der Waals surface area contributed by atoms with Crippen LogP contribution < -0.4 is 10.1 Å². The van der Waals surface area contributed by atoms with Crippen LogP contribution >= 0.6 is 23.4 Å². The number of ether oxygens (including phenoxy) is 1. The van der Waals surface area contributed by atoms with Crippen LogP contribution in [0.1, 0.15) is 40.0 Å². The smallest absolute Gasteiger partial charge is 0.277 e. The molecule has 0 radical (unpaired) electrons. The first-order chi connectivity index (χ1) is 11.8. The van der Waals surface area contributed by atoms with Gasteiger partial charge >= 0.3 is 0 Å². The average molecular weight is 384 g/mol. The third-order valence-electron chi connectivity index (χ3n) is 3.62. The third kappa shape index (κ3) is 6.25. The van der Waals surface area contributed by atoms with Gasteiger partial charge in [-0.25, -0.2) is 0 Å². The van der Waals surface area contributed by atoms with E-state index in [9.17, 15) is 4.79 Å². The first-order valence-corrected chi connectivity index (χ1v) is 9.24. The zero-order valence-electron chi connectivity index (χ0n) is 14.7. The monoisotopic (exact) mass is 383 g/mol. The molecule has 1 aromatic heterocycles. The predicted octanol–water partition coefficient (Wildman–Crippen LogP) is 4.09. The minimum atomic E-state index is -0.337. The Labute approximate surface area is 156 Å². The molecule has 0 bridgehead atoms. The molecule has 0 aliphatic heterocycles. The molecule has 1 atom stereocenters. The number of halogens is 1. The van der Waals surface area contributed by atoms with E-state index in [-0.39, 0.29) is 23.3 Å². The quantitative estimate of drug-likeness (QED) is 0.692. The summed E-state index contributed by atoms with van der Waals surface area (Å²) in [7, 11) is 0. The van der Waals surface area contributed by atoms with Gasteiger partial charge in [0, 0.05) is 10.6 Å². The number of aromatic nitrogens is 2. The zero-order chi connectivity index (χ0) is 18.4. The molecule has 2 aromatic rings. The highest BCUT2D eigenvalue weighted by molar-refractivity contribution is 8.00. The number of hydrogen-bond donors (Lipinski definition) is 1. The molecule has 1 aromatic carbocycles. The molecule has 1 unspecified atom stereocenters. The fraction of sp³-hybridized carbons (Fsp3) is 0.471. The molecule has 6 nitrogen and oxygen atoms in total. The minimum Gasteiger partial charge on any atom is -0.484 e. The summed E-state index contributed by atoms with van der Waals surface area (Å²) in [5, 5.41) is 11.5. The number of hydrogen-bond acceptors (Lipinski definition) is 6. The van der Waals surface area contributed by atoms with Crippen LogP contribution in [-0.4, -0.2) is 26.9 Å². The number of benzene rings is 1. The van der Waals surface area contributed by atoms with Crippen LogP contribution in [0.5, 0.6) is 5.75 Å². The fourth-order valence-electron chi connectivity index (χ4n) is 1.75. The van der Waals surface area contributed by atoms with Crippen molar-refractivity contribution < 1.29 is 13.9 Å². The number of carbonyl (C=O) groups is 1. The molecule has 1 heterocycles. The lowest BCUT2D eigenvalue weighted by Gasteiger charge is -2.25. The van der Waals surface area contributed by atoms with Gasteiger partial charge in [-0.2, -0.15) is 0 Å². The minimum absolute atomic E-state index is 0.0611. The van der Waals surface area contributed by atoms with Crippen LogP contribution in [0.15, 0.2) is 33.9 Å². The molecule has 1 N–H and O–H groups in total. The van der Waals surface area contributed by atoms with Crippen LogP contribution in [-0.2, 0) is 11.4 Å². The molecule has 0 aliphatic carbocycles. The molecule has 0 saturated carbocycles. The Kier molecular flexibility index (Phi) is 6.72. The van der Waals surface area contributed by atoms with Crippen molar-refractivity contribution >= 4 is 29.3 Å². The Hall–Kier alpha value is -1.73. The molecule has 1 amide bonds. The fourth-order valence-corrected chi connectivity index (χ4v) is 2.58. The van der Waals surface area contributed by atoms with Gasteiger partial charge in [0.05, 0.1) is 5.25 Å². The summed E-state index contributed by atoms with van der Waals surface area (Å²) in [6.45, 7) is 7.96. The Morgan fingerprint density at radius 2 is 2.04 bits per heavy atom. The van der Waals surface area contributed by atoms with Crippen LogP contribution in [0.4, 0.5) is 0 Å². The highest BCUT2D eigenvalue weighted by Crippen LogP contribution is 2.23. The molecule has 0 fully saturated rings. The lowest BCUT2D eigenvalue weighted by molar-refractivity contribution is -0.121. The van der Waals surface area contributed by atoms with E-state index in [2.05, 4.69) is 15.5 Å². The molecule has 136 valence electrons. The summed E-state index contributed by atoms with van der Waals surface area (Å²) in [4.78, 5) is 12.2. The van der Waals surface area contributed by atoms with Gasteiger partial charge in [0.15, 0.2) is 6.61 Å². The number of rotatable bonds is 8. The Balaban J connectivity index is 1.86. The SMILES string of the molecule is CCC(C)(C)NC(=O)C(C)Sc1nnc(COc2ccc(Cl)cc2)o1. The molecular formula is C17H22ClN3O3S. The summed E-state index contributed by atoms with van der Waals surface area (Å²) in [6.07, 6.45) is 0.850. The van der Waals surface area contributed by atoms with E-state index in [1.54, 1.807) is 31.2 Å². The van der Waals surface area contributed by atoms with E-state index < -0.39 is 0 Å². The van der Waals surface area contributed by atoms with E-state index in [4.69, 9.17) is 20.8 Å². The maximum absolute atomic E-state index is 12.2. The second-order valence-corrected chi connectivity index (χ2v) is 7.92. The Morgan fingerprint density at radius 1 is 1.36 bits per heavy atom. The summed E-state index contributed by atoms with van der Waals surface area (Å²) in [5.41, 5.74) is -0.238. The summed E-state index contributed by atoms with van der Waals surface area (Å²) in [5.74, 6) is 0.944. The van der Waals surface area contributed by atoms with E-state index >= 15 is 0 Å². The van der Waals surface area contributed by atoms with Crippen molar-refractivity contribution in [3.05, 3.63) is 35.2 Å². The first kappa shape index (κ1) is 19.6. The Morgan fingerprint density at radius 3 is 2.68 bits per heavy atom. The van der Waals surface area contributed by atoms with Crippen molar-refractivity contribution in [1.82, 2.24) is 15.5 Å². The molecule has 8 heteroatoms. The second kappa shape index (κ2) is 8.58. The van der Waals surface area contributed by atoms with E-state index in [0.29, 0.717) is 21.9 Å². The standard InChI is InChI=1S/C17H22ClN3O3S/c1-5-17(3,4)19-15(22)11(2)25-16-21-20-14(24-16)10-23-13-8-6-12(18)7-9-13/h6-9,11H,5,10H2,1-4H3,(H,19,22). The van der Waals surface area contributed by atoms with Gasteiger partial charge in [0.1, 0.15) is 5.75 Å². The van der Waals surface area contributed by atoms with Crippen molar-refractivity contribution in [2.75, 3.05) is 0 Å². The zero-order valence-corrected chi connectivity index (χ0v) is 16.3. The van der Waals surface area contributed by atoms with Gasteiger partial charge < -0.3 is 14.5 Å². The lowest BCUT2D eigenvalue weighted by atomic mass is 10.0. The van der Waals surface area contributed by atoms with E-state index in [0.717, 1.165) is 6.42 Å². The number of nitrogens with one attached hydrogen (secondary N) is 1. The molecule has 0 spiro atoms. The highest BCUT2D eigenvalue weighted by Gasteiger charge is 2.24. The van der Waals surface area contributed by atoms with Crippen molar-refractivity contribution in [1.29, 1.82) is 0 Å². The van der Waals surface area contributed by atoms with Crippen LogP contribution in [0.25, 0.3) is 0 Å². The van der Waals surface area contributed by atoms with Gasteiger partial charge in [0.25, 0.3) is 11.1 Å². The van der Waals surface area contributed by atoms with Gasteiger partial charge in [-0.3, -0.25) is 4.79 Å². The van der Waals surface area contributed by atoms with E-state index in [1.165, 1.54) is 11.8 Å². The van der Waals surface area contributed by atoms with E-state index in [1.807, 2.05) is 20.8 Å².